The lowest BCUT2D eigenvalue weighted by Crippen LogP contribution is -2.48. The molecular weight excluding hydrogens is 356 g/mol. The van der Waals surface area contributed by atoms with Gasteiger partial charge in [-0.05, 0) is 43.5 Å². The van der Waals surface area contributed by atoms with Gasteiger partial charge in [0, 0.05) is 23.2 Å². The molecule has 28 heavy (non-hydrogen) atoms. The summed E-state index contributed by atoms with van der Waals surface area (Å²) in [7, 11) is 1.60. The number of ether oxygens (including phenoxy) is 1. The van der Waals surface area contributed by atoms with E-state index in [1.807, 2.05) is 31.3 Å². The first-order valence-electron chi connectivity index (χ1n) is 9.16. The topological polar surface area (TPSA) is 109 Å². The number of aliphatic hydroxyl groups is 1. The number of anilines is 1. The molecule has 4 aromatic rings. The second-order valence-electron chi connectivity index (χ2n) is 7.53. The second kappa shape index (κ2) is 6.13. The fourth-order valence-corrected chi connectivity index (χ4v) is 3.88. The largest absolute Gasteiger partial charge is 0.480 e. The number of rotatable bonds is 4. The van der Waals surface area contributed by atoms with Crippen LogP contribution in [-0.4, -0.2) is 49.0 Å². The lowest BCUT2D eigenvalue weighted by atomic mass is 9.77. The SMILES string of the molecule is COc1nc(N[C@H]2C[C@](C)(O)C2)nc2[nH]cc(-c3ccc4nnccc4c3)c12. The van der Waals surface area contributed by atoms with Gasteiger partial charge in [-0.15, -0.1) is 0 Å². The van der Waals surface area contributed by atoms with Gasteiger partial charge in [-0.25, -0.2) is 0 Å². The predicted octanol–water partition coefficient (Wildman–Crippen LogP) is 2.90. The van der Waals surface area contributed by atoms with Crippen LogP contribution in [0.3, 0.4) is 0 Å². The standard InChI is InChI=1S/C20H20N6O2/c1-20(27)8-13(9-20)23-19-24-17-16(18(25-19)28-2)14(10-21-17)11-3-4-15-12(7-11)5-6-22-26-15/h3-7,10,13,27H,8-9H2,1-2H3,(H2,21,23,24,25)/t13-,20-. The smallest absolute Gasteiger partial charge is 0.228 e. The molecule has 0 amide bonds. The highest BCUT2D eigenvalue weighted by Crippen LogP contribution is 2.37. The number of benzene rings is 1. The molecule has 1 aromatic carbocycles. The van der Waals surface area contributed by atoms with Crippen LogP contribution in [0, 0.1) is 0 Å². The summed E-state index contributed by atoms with van der Waals surface area (Å²) in [5.74, 6) is 0.995. The van der Waals surface area contributed by atoms with Crippen molar-refractivity contribution in [2.75, 3.05) is 12.4 Å². The summed E-state index contributed by atoms with van der Waals surface area (Å²) in [6.45, 7) is 1.84. The summed E-state index contributed by atoms with van der Waals surface area (Å²) < 4.78 is 5.57. The van der Waals surface area contributed by atoms with E-state index < -0.39 is 5.60 Å². The van der Waals surface area contributed by atoms with Gasteiger partial charge in [-0.1, -0.05) is 6.07 Å². The average molecular weight is 376 g/mol. The van der Waals surface area contributed by atoms with Crippen LogP contribution in [0.25, 0.3) is 33.1 Å². The number of H-pyrrole nitrogens is 1. The average Bonchev–Trinajstić information content (AvgIpc) is 3.09. The van der Waals surface area contributed by atoms with Crippen LogP contribution < -0.4 is 10.1 Å². The summed E-state index contributed by atoms with van der Waals surface area (Å²) in [5, 5.41) is 23.1. The number of methoxy groups -OCH3 is 1. The van der Waals surface area contributed by atoms with Crippen LogP contribution in [-0.2, 0) is 0 Å². The fourth-order valence-electron chi connectivity index (χ4n) is 3.88. The molecule has 1 aliphatic rings. The number of fused-ring (bicyclic) bond motifs is 2. The maximum atomic E-state index is 9.92. The van der Waals surface area contributed by atoms with Gasteiger partial charge in [0.25, 0.3) is 0 Å². The molecule has 3 N–H and O–H groups in total. The number of aromatic nitrogens is 5. The molecule has 5 rings (SSSR count). The Morgan fingerprint density at radius 2 is 2.11 bits per heavy atom. The molecule has 0 unspecified atom stereocenters. The van der Waals surface area contributed by atoms with Crippen molar-refractivity contribution in [2.45, 2.75) is 31.4 Å². The van der Waals surface area contributed by atoms with Gasteiger partial charge in [-0.3, -0.25) is 0 Å². The molecule has 142 valence electrons. The maximum Gasteiger partial charge on any atom is 0.228 e. The van der Waals surface area contributed by atoms with Crippen LogP contribution in [0.4, 0.5) is 5.95 Å². The zero-order valence-corrected chi connectivity index (χ0v) is 15.6. The van der Waals surface area contributed by atoms with Crippen molar-refractivity contribution in [2.24, 2.45) is 0 Å². The predicted molar refractivity (Wildman–Crippen MR) is 106 cm³/mol. The monoisotopic (exact) mass is 376 g/mol. The number of aromatic amines is 1. The molecule has 8 heteroatoms. The van der Waals surface area contributed by atoms with Gasteiger partial charge in [0.05, 0.1) is 29.8 Å². The molecule has 1 saturated carbocycles. The third-order valence-corrected chi connectivity index (χ3v) is 5.22. The Bertz CT molecular complexity index is 1180. The zero-order valence-electron chi connectivity index (χ0n) is 15.6. The number of hydrogen-bond donors (Lipinski definition) is 3. The first-order valence-corrected chi connectivity index (χ1v) is 9.16. The van der Waals surface area contributed by atoms with Crippen LogP contribution >= 0.6 is 0 Å². The van der Waals surface area contributed by atoms with Crippen LogP contribution in [0.5, 0.6) is 5.88 Å². The van der Waals surface area contributed by atoms with E-state index >= 15 is 0 Å². The zero-order chi connectivity index (χ0) is 19.3. The lowest BCUT2D eigenvalue weighted by Gasteiger charge is -2.41. The van der Waals surface area contributed by atoms with Crippen LogP contribution in [0.15, 0.2) is 36.7 Å². The van der Waals surface area contributed by atoms with E-state index in [-0.39, 0.29) is 6.04 Å². The highest BCUT2D eigenvalue weighted by Gasteiger charge is 2.38. The fraction of sp³-hybridized carbons (Fsp3) is 0.300. The number of nitrogens with one attached hydrogen (secondary N) is 2. The number of nitrogens with zero attached hydrogens (tertiary/aromatic N) is 4. The molecule has 0 atom stereocenters. The molecule has 0 aliphatic heterocycles. The molecule has 8 nitrogen and oxygen atoms in total. The summed E-state index contributed by atoms with van der Waals surface area (Å²) in [6.07, 6.45) is 4.94. The van der Waals surface area contributed by atoms with Gasteiger partial charge < -0.3 is 20.1 Å². The molecule has 3 heterocycles. The van der Waals surface area contributed by atoms with E-state index in [0.29, 0.717) is 30.3 Å². The minimum absolute atomic E-state index is 0.160. The molecule has 1 fully saturated rings. The Hall–Kier alpha value is -3.26. The summed E-state index contributed by atoms with van der Waals surface area (Å²) in [6, 6.07) is 8.11. The van der Waals surface area contributed by atoms with E-state index in [4.69, 9.17) is 4.74 Å². The van der Waals surface area contributed by atoms with Crippen molar-refractivity contribution in [1.29, 1.82) is 0 Å². The Kier molecular flexibility index (Phi) is 3.70. The van der Waals surface area contributed by atoms with E-state index in [1.165, 1.54) is 0 Å². The van der Waals surface area contributed by atoms with Crippen molar-refractivity contribution in [3.8, 4) is 17.0 Å². The molecule has 0 radical (unpaired) electrons. The van der Waals surface area contributed by atoms with Gasteiger partial charge in [0.1, 0.15) is 5.65 Å². The first kappa shape index (κ1) is 16.9. The molecule has 3 aromatic heterocycles. The molecule has 0 saturated heterocycles. The molecule has 0 bridgehead atoms. The van der Waals surface area contributed by atoms with Gasteiger partial charge in [-0.2, -0.15) is 20.2 Å². The highest BCUT2D eigenvalue weighted by molar-refractivity contribution is 5.99. The summed E-state index contributed by atoms with van der Waals surface area (Å²) in [5.41, 5.74) is 2.92. The second-order valence-corrected chi connectivity index (χ2v) is 7.53. The van der Waals surface area contributed by atoms with Crippen molar-refractivity contribution in [3.63, 3.8) is 0 Å². The lowest BCUT2D eigenvalue weighted by molar-refractivity contribution is -0.0236. The summed E-state index contributed by atoms with van der Waals surface area (Å²) in [4.78, 5) is 12.4. The van der Waals surface area contributed by atoms with Crippen molar-refractivity contribution >= 4 is 27.9 Å². The Morgan fingerprint density at radius 3 is 2.89 bits per heavy atom. The molecular formula is C20H20N6O2. The normalized spacial score (nSPS) is 21.6. The minimum Gasteiger partial charge on any atom is -0.480 e. The molecule has 0 spiro atoms. The first-order chi connectivity index (χ1) is 13.5. The van der Waals surface area contributed by atoms with Crippen LogP contribution in [0.2, 0.25) is 0 Å². The Morgan fingerprint density at radius 1 is 1.25 bits per heavy atom. The quantitative estimate of drug-likeness (QED) is 0.502. The number of hydrogen-bond acceptors (Lipinski definition) is 7. The minimum atomic E-state index is -0.605. The van der Waals surface area contributed by atoms with Crippen molar-refractivity contribution < 1.29 is 9.84 Å². The van der Waals surface area contributed by atoms with E-state index in [0.717, 1.165) is 27.4 Å². The van der Waals surface area contributed by atoms with Gasteiger partial charge >= 0.3 is 0 Å². The molecule has 1 aliphatic carbocycles. The van der Waals surface area contributed by atoms with E-state index in [1.54, 1.807) is 13.3 Å². The van der Waals surface area contributed by atoms with Crippen molar-refractivity contribution in [1.82, 2.24) is 25.1 Å². The van der Waals surface area contributed by atoms with Crippen molar-refractivity contribution in [3.05, 3.63) is 36.7 Å². The van der Waals surface area contributed by atoms with Gasteiger partial charge in [0.15, 0.2) is 0 Å². The van der Waals surface area contributed by atoms with Crippen LogP contribution in [0.1, 0.15) is 19.8 Å². The Labute approximate surface area is 161 Å². The maximum absolute atomic E-state index is 9.92. The highest BCUT2D eigenvalue weighted by atomic mass is 16.5. The summed E-state index contributed by atoms with van der Waals surface area (Å²) >= 11 is 0. The third kappa shape index (κ3) is 2.82. The van der Waals surface area contributed by atoms with E-state index in [9.17, 15) is 5.11 Å². The van der Waals surface area contributed by atoms with E-state index in [2.05, 4.69) is 36.5 Å². The third-order valence-electron chi connectivity index (χ3n) is 5.22. The van der Waals surface area contributed by atoms with Gasteiger partial charge in [0.2, 0.25) is 11.8 Å². The Balaban J connectivity index is 1.55.